The van der Waals surface area contributed by atoms with E-state index < -0.39 is 0 Å². The summed E-state index contributed by atoms with van der Waals surface area (Å²) in [7, 11) is 0. The highest BCUT2D eigenvalue weighted by molar-refractivity contribution is 6.16. The zero-order chi connectivity index (χ0) is 12.5. The van der Waals surface area contributed by atoms with Gasteiger partial charge < -0.3 is 0 Å². The predicted octanol–water partition coefficient (Wildman–Crippen LogP) is 3.18. The van der Waals surface area contributed by atoms with Crippen molar-refractivity contribution in [2.45, 2.75) is 0 Å². The summed E-state index contributed by atoms with van der Waals surface area (Å²) in [6.45, 7) is 0. The van der Waals surface area contributed by atoms with Crippen LogP contribution in [0.15, 0.2) is 70.9 Å². The molecule has 0 aromatic heterocycles. The van der Waals surface area contributed by atoms with Crippen molar-refractivity contribution >= 4 is 23.8 Å². The first-order chi connectivity index (χ1) is 8.95. The summed E-state index contributed by atoms with van der Waals surface area (Å²) in [5.74, 6) is 0. The molecule has 2 rings (SSSR count). The molecule has 0 amide bonds. The standard InChI is InChI=1S/C14H14N4/c1-3-7-13(8-4-1)17-15-11-12-16-18-14-9-5-2-6-10-14/h1-12,17-18H. The third kappa shape index (κ3) is 4.09. The number of benzene rings is 2. The molecule has 4 nitrogen and oxygen atoms in total. The second-order valence-corrected chi connectivity index (χ2v) is 3.51. The second-order valence-electron chi connectivity index (χ2n) is 3.51. The number of nitrogens with zero attached hydrogens (tertiary/aromatic N) is 2. The maximum Gasteiger partial charge on any atom is 0.0673 e. The lowest BCUT2D eigenvalue weighted by Crippen LogP contribution is -1.92. The minimum atomic E-state index is 0.943. The van der Waals surface area contributed by atoms with E-state index in [1.54, 1.807) is 12.4 Å². The number of rotatable bonds is 5. The van der Waals surface area contributed by atoms with Gasteiger partial charge in [0.15, 0.2) is 0 Å². The van der Waals surface area contributed by atoms with E-state index in [0.29, 0.717) is 0 Å². The minimum Gasteiger partial charge on any atom is -0.278 e. The fourth-order valence-corrected chi connectivity index (χ4v) is 1.32. The summed E-state index contributed by atoms with van der Waals surface area (Å²) in [4.78, 5) is 0. The van der Waals surface area contributed by atoms with Crippen molar-refractivity contribution in [3.63, 3.8) is 0 Å². The van der Waals surface area contributed by atoms with Gasteiger partial charge in [-0.25, -0.2) is 0 Å². The van der Waals surface area contributed by atoms with E-state index in [4.69, 9.17) is 0 Å². The first kappa shape index (κ1) is 11.9. The molecule has 0 atom stereocenters. The summed E-state index contributed by atoms with van der Waals surface area (Å²) in [6.07, 6.45) is 3.17. The van der Waals surface area contributed by atoms with Gasteiger partial charge >= 0.3 is 0 Å². The Labute approximate surface area is 106 Å². The molecule has 2 aromatic carbocycles. The largest absolute Gasteiger partial charge is 0.278 e. The number of para-hydroxylation sites is 2. The Morgan fingerprint density at radius 3 is 1.39 bits per heavy atom. The molecule has 0 radical (unpaired) electrons. The monoisotopic (exact) mass is 238 g/mol. The zero-order valence-electron chi connectivity index (χ0n) is 9.82. The Balaban J connectivity index is 1.75. The van der Waals surface area contributed by atoms with Crippen LogP contribution in [-0.2, 0) is 0 Å². The van der Waals surface area contributed by atoms with Gasteiger partial charge in [0, 0.05) is 0 Å². The molecule has 0 unspecified atom stereocenters. The maximum absolute atomic E-state index is 4.01. The summed E-state index contributed by atoms with van der Waals surface area (Å²) in [5, 5.41) is 8.02. The molecule has 2 N–H and O–H groups in total. The minimum absolute atomic E-state index is 0.943. The molecular formula is C14H14N4. The first-order valence-corrected chi connectivity index (χ1v) is 5.62. The van der Waals surface area contributed by atoms with Gasteiger partial charge in [-0.2, -0.15) is 10.2 Å². The summed E-state index contributed by atoms with van der Waals surface area (Å²) in [5.41, 5.74) is 7.67. The Bertz CT molecular complexity index is 456. The van der Waals surface area contributed by atoms with Crippen LogP contribution < -0.4 is 10.9 Å². The molecule has 0 fully saturated rings. The average Bonchev–Trinajstić information content (AvgIpc) is 2.45. The number of anilines is 2. The highest BCUT2D eigenvalue weighted by Crippen LogP contribution is 2.04. The fourth-order valence-electron chi connectivity index (χ4n) is 1.32. The molecule has 0 aliphatic rings. The van der Waals surface area contributed by atoms with Crippen molar-refractivity contribution < 1.29 is 0 Å². The van der Waals surface area contributed by atoms with Crippen LogP contribution in [0.5, 0.6) is 0 Å². The Hall–Kier alpha value is -2.62. The van der Waals surface area contributed by atoms with Crippen LogP contribution in [0.4, 0.5) is 11.4 Å². The van der Waals surface area contributed by atoms with Gasteiger partial charge in [0.2, 0.25) is 0 Å². The summed E-state index contributed by atoms with van der Waals surface area (Å²) in [6, 6.07) is 19.5. The number of nitrogens with one attached hydrogen (secondary N) is 2. The number of hydrazone groups is 2. The zero-order valence-corrected chi connectivity index (χ0v) is 9.82. The normalized spacial score (nSPS) is 10.9. The molecule has 4 heteroatoms. The topological polar surface area (TPSA) is 48.8 Å². The van der Waals surface area contributed by atoms with Crippen molar-refractivity contribution in [1.29, 1.82) is 0 Å². The SMILES string of the molecule is C(C=NNc1ccccc1)=NNc1ccccc1. The lowest BCUT2D eigenvalue weighted by molar-refractivity contribution is 1.34. The second kappa shape index (κ2) is 6.85. The van der Waals surface area contributed by atoms with E-state index >= 15 is 0 Å². The molecule has 2 aromatic rings. The van der Waals surface area contributed by atoms with E-state index in [2.05, 4.69) is 21.1 Å². The van der Waals surface area contributed by atoms with Crippen LogP contribution in [0.3, 0.4) is 0 Å². The maximum atomic E-state index is 4.01. The molecule has 0 heterocycles. The van der Waals surface area contributed by atoms with Crippen molar-refractivity contribution in [3.8, 4) is 0 Å². The van der Waals surface area contributed by atoms with Crippen molar-refractivity contribution in [2.75, 3.05) is 10.9 Å². The van der Waals surface area contributed by atoms with Crippen LogP contribution in [0.2, 0.25) is 0 Å². The summed E-state index contributed by atoms with van der Waals surface area (Å²) < 4.78 is 0. The van der Waals surface area contributed by atoms with E-state index in [9.17, 15) is 0 Å². The Morgan fingerprint density at radius 2 is 1.00 bits per heavy atom. The van der Waals surface area contributed by atoms with Crippen molar-refractivity contribution in [1.82, 2.24) is 0 Å². The molecule has 0 aliphatic carbocycles. The molecule has 0 bridgehead atoms. The van der Waals surface area contributed by atoms with Crippen LogP contribution in [0, 0.1) is 0 Å². The quantitative estimate of drug-likeness (QED) is 0.621. The molecule has 0 saturated carbocycles. The van der Waals surface area contributed by atoms with Crippen molar-refractivity contribution in [3.05, 3.63) is 60.7 Å². The summed E-state index contributed by atoms with van der Waals surface area (Å²) >= 11 is 0. The van der Waals surface area contributed by atoms with E-state index in [0.717, 1.165) is 11.4 Å². The molecule has 0 saturated heterocycles. The molecule has 0 spiro atoms. The van der Waals surface area contributed by atoms with Gasteiger partial charge in [-0.15, -0.1) is 0 Å². The molecular weight excluding hydrogens is 224 g/mol. The molecule has 90 valence electrons. The van der Waals surface area contributed by atoms with Crippen LogP contribution in [0.1, 0.15) is 0 Å². The van der Waals surface area contributed by atoms with Gasteiger partial charge in [-0.05, 0) is 24.3 Å². The van der Waals surface area contributed by atoms with Crippen LogP contribution in [0.25, 0.3) is 0 Å². The lowest BCUT2D eigenvalue weighted by Gasteiger charge is -1.97. The Morgan fingerprint density at radius 1 is 0.611 bits per heavy atom. The smallest absolute Gasteiger partial charge is 0.0673 e. The average molecular weight is 238 g/mol. The van der Waals surface area contributed by atoms with Gasteiger partial charge in [0.1, 0.15) is 0 Å². The van der Waals surface area contributed by atoms with Gasteiger partial charge in [0.05, 0.1) is 23.8 Å². The number of hydrogen-bond acceptors (Lipinski definition) is 4. The van der Waals surface area contributed by atoms with Crippen LogP contribution >= 0.6 is 0 Å². The van der Waals surface area contributed by atoms with E-state index in [-0.39, 0.29) is 0 Å². The molecule has 0 aliphatic heterocycles. The third-order valence-electron chi connectivity index (χ3n) is 2.15. The van der Waals surface area contributed by atoms with E-state index in [1.807, 2.05) is 60.7 Å². The van der Waals surface area contributed by atoms with Crippen LogP contribution in [-0.4, -0.2) is 12.4 Å². The fraction of sp³-hybridized carbons (Fsp3) is 0. The number of hydrogen-bond donors (Lipinski definition) is 2. The Kier molecular flexibility index (Phi) is 4.51. The first-order valence-electron chi connectivity index (χ1n) is 5.62. The van der Waals surface area contributed by atoms with Gasteiger partial charge in [0.25, 0.3) is 0 Å². The molecule has 18 heavy (non-hydrogen) atoms. The lowest BCUT2D eigenvalue weighted by atomic mass is 10.3. The highest BCUT2D eigenvalue weighted by atomic mass is 15.3. The van der Waals surface area contributed by atoms with Gasteiger partial charge in [-0.3, -0.25) is 10.9 Å². The highest BCUT2D eigenvalue weighted by Gasteiger charge is 1.84. The van der Waals surface area contributed by atoms with Gasteiger partial charge in [-0.1, -0.05) is 36.4 Å². The predicted molar refractivity (Wildman–Crippen MR) is 77.1 cm³/mol. The van der Waals surface area contributed by atoms with E-state index in [1.165, 1.54) is 0 Å². The third-order valence-corrected chi connectivity index (χ3v) is 2.15. The van der Waals surface area contributed by atoms with Crippen molar-refractivity contribution in [2.24, 2.45) is 10.2 Å².